The molecule has 5 heteroatoms. The van der Waals surface area contributed by atoms with Gasteiger partial charge >= 0.3 is 5.97 Å². The van der Waals surface area contributed by atoms with Crippen LogP contribution in [0.2, 0.25) is 0 Å². The van der Waals surface area contributed by atoms with Gasteiger partial charge in [-0.1, -0.05) is 30.3 Å². The van der Waals surface area contributed by atoms with Crippen LogP contribution in [0, 0.1) is 0 Å². The molecule has 0 aliphatic rings. The van der Waals surface area contributed by atoms with E-state index in [-0.39, 0.29) is 5.69 Å². The number of hydrogen-bond donors (Lipinski definition) is 1. The Kier molecular flexibility index (Phi) is 5.11. The Morgan fingerprint density at radius 1 is 1.38 bits per heavy atom. The predicted molar refractivity (Wildman–Crippen MR) is 79.1 cm³/mol. The predicted octanol–water partition coefficient (Wildman–Crippen LogP) is 2.03. The maximum atomic E-state index is 11.9. The molecule has 0 bridgehead atoms. The van der Waals surface area contributed by atoms with E-state index in [9.17, 15) is 9.90 Å². The van der Waals surface area contributed by atoms with Crippen LogP contribution in [0.5, 0.6) is 0 Å². The maximum Gasteiger partial charge on any atom is 0.359 e. The second-order valence-electron chi connectivity index (χ2n) is 4.96. The van der Waals surface area contributed by atoms with Crippen molar-refractivity contribution in [3.8, 4) is 0 Å². The summed E-state index contributed by atoms with van der Waals surface area (Å²) in [4.78, 5) is 11.9. The Bertz CT molecular complexity index is 591. The quantitative estimate of drug-likeness (QED) is 0.826. The number of hydrogen-bond acceptors (Lipinski definition) is 4. The lowest BCUT2D eigenvalue weighted by molar-refractivity contribution is 0.0516. The van der Waals surface area contributed by atoms with Crippen LogP contribution in [0.4, 0.5) is 0 Å². The summed E-state index contributed by atoms with van der Waals surface area (Å²) in [6.07, 6.45) is 1.64. The molecule has 1 N–H and O–H groups in total. The molecule has 1 unspecified atom stereocenters. The molecule has 21 heavy (non-hydrogen) atoms. The van der Waals surface area contributed by atoms with Crippen LogP contribution < -0.4 is 0 Å². The van der Waals surface area contributed by atoms with Crippen molar-refractivity contribution in [2.24, 2.45) is 0 Å². The van der Waals surface area contributed by atoms with Crippen molar-refractivity contribution in [2.45, 2.75) is 32.9 Å². The van der Waals surface area contributed by atoms with Crippen molar-refractivity contribution >= 4 is 5.97 Å². The molecule has 2 rings (SSSR count). The van der Waals surface area contributed by atoms with E-state index < -0.39 is 12.1 Å². The first-order valence-corrected chi connectivity index (χ1v) is 7.05. The summed E-state index contributed by atoms with van der Waals surface area (Å²) in [5.41, 5.74) is 2.09. The average molecular weight is 288 g/mol. The molecule has 2 aromatic rings. The molecular weight excluding hydrogens is 268 g/mol. The summed E-state index contributed by atoms with van der Waals surface area (Å²) in [6.45, 7) is 4.32. The number of aliphatic hydroxyl groups excluding tert-OH is 1. The maximum absolute atomic E-state index is 11.9. The van der Waals surface area contributed by atoms with Crippen molar-refractivity contribution in [1.82, 2.24) is 9.78 Å². The molecule has 0 saturated carbocycles. The standard InChI is InChI=1S/C16H20N2O3/c1-3-21-16(20)15-14(9-12(2)19)11-18(17-15)10-13-7-5-4-6-8-13/h4-8,11-12,19H,3,9-10H2,1-2H3. The Morgan fingerprint density at radius 3 is 2.71 bits per heavy atom. The summed E-state index contributed by atoms with van der Waals surface area (Å²) in [5, 5.41) is 13.9. The van der Waals surface area contributed by atoms with E-state index in [2.05, 4.69) is 5.10 Å². The zero-order valence-electron chi connectivity index (χ0n) is 12.3. The molecule has 1 heterocycles. The third-order valence-corrected chi connectivity index (χ3v) is 3.01. The average Bonchev–Trinajstić information content (AvgIpc) is 2.82. The highest BCUT2D eigenvalue weighted by molar-refractivity contribution is 5.88. The molecular formula is C16H20N2O3. The lowest BCUT2D eigenvalue weighted by atomic mass is 10.1. The number of carbonyl (C=O) groups excluding carboxylic acids is 1. The lowest BCUT2D eigenvalue weighted by Crippen LogP contribution is -2.12. The minimum absolute atomic E-state index is 0.286. The highest BCUT2D eigenvalue weighted by Crippen LogP contribution is 2.13. The zero-order valence-corrected chi connectivity index (χ0v) is 12.3. The van der Waals surface area contributed by atoms with Gasteiger partial charge < -0.3 is 9.84 Å². The third-order valence-electron chi connectivity index (χ3n) is 3.01. The lowest BCUT2D eigenvalue weighted by Gasteiger charge is -2.03. The van der Waals surface area contributed by atoms with Crippen molar-refractivity contribution < 1.29 is 14.6 Å². The van der Waals surface area contributed by atoms with Gasteiger partial charge in [0, 0.05) is 18.2 Å². The van der Waals surface area contributed by atoms with E-state index in [1.165, 1.54) is 0 Å². The number of esters is 1. The van der Waals surface area contributed by atoms with E-state index in [1.54, 1.807) is 24.7 Å². The Balaban J connectivity index is 2.24. The van der Waals surface area contributed by atoms with Crippen LogP contribution >= 0.6 is 0 Å². The fourth-order valence-electron chi connectivity index (χ4n) is 2.15. The first kappa shape index (κ1) is 15.3. The second kappa shape index (κ2) is 7.04. The summed E-state index contributed by atoms with van der Waals surface area (Å²) in [5.74, 6) is -0.444. The van der Waals surface area contributed by atoms with Gasteiger partial charge in [0.05, 0.1) is 19.3 Å². The van der Waals surface area contributed by atoms with Crippen molar-refractivity contribution in [3.05, 3.63) is 53.3 Å². The Morgan fingerprint density at radius 2 is 2.10 bits per heavy atom. The highest BCUT2D eigenvalue weighted by atomic mass is 16.5. The monoisotopic (exact) mass is 288 g/mol. The van der Waals surface area contributed by atoms with Gasteiger partial charge in [0.15, 0.2) is 5.69 Å². The van der Waals surface area contributed by atoms with E-state index >= 15 is 0 Å². The minimum atomic E-state index is -0.535. The van der Waals surface area contributed by atoms with Crippen LogP contribution in [0.15, 0.2) is 36.5 Å². The fraction of sp³-hybridized carbons (Fsp3) is 0.375. The topological polar surface area (TPSA) is 64.3 Å². The van der Waals surface area contributed by atoms with Crippen molar-refractivity contribution in [2.75, 3.05) is 6.61 Å². The molecule has 1 aromatic carbocycles. The number of nitrogens with zero attached hydrogens (tertiary/aromatic N) is 2. The van der Waals surface area contributed by atoms with Gasteiger partial charge in [-0.15, -0.1) is 0 Å². The molecule has 0 radical (unpaired) electrons. The van der Waals surface area contributed by atoms with E-state index in [0.717, 1.165) is 5.56 Å². The van der Waals surface area contributed by atoms with Crippen LogP contribution in [0.1, 0.15) is 35.5 Å². The summed E-state index contributed by atoms with van der Waals surface area (Å²) < 4.78 is 6.72. The summed E-state index contributed by atoms with van der Waals surface area (Å²) in [6, 6.07) is 9.87. The number of rotatable bonds is 6. The Labute approximate surface area is 124 Å². The molecule has 0 aliphatic heterocycles. The van der Waals surface area contributed by atoms with Gasteiger partial charge in [0.25, 0.3) is 0 Å². The van der Waals surface area contributed by atoms with Gasteiger partial charge in [-0.3, -0.25) is 4.68 Å². The van der Waals surface area contributed by atoms with Gasteiger partial charge in [0.1, 0.15) is 0 Å². The van der Waals surface area contributed by atoms with Crippen molar-refractivity contribution in [3.63, 3.8) is 0 Å². The number of ether oxygens (including phenoxy) is 1. The largest absolute Gasteiger partial charge is 0.461 e. The van der Waals surface area contributed by atoms with Crippen LogP contribution in [-0.2, 0) is 17.7 Å². The molecule has 5 nitrogen and oxygen atoms in total. The molecule has 0 saturated heterocycles. The van der Waals surface area contributed by atoms with E-state index in [1.807, 2.05) is 30.3 Å². The molecule has 1 atom stereocenters. The molecule has 0 amide bonds. The number of aromatic nitrogens is 2. The molecule has 1 aromatic heterocycles. The van der Waals surface area contributed by atoms with Crippen LogP contribution in [-0.4, -0.2) is 33.6 Å². The number of aliphatic hydroxyl groups is 1. The van der Waals surface area contributed by atoms with E-state index in [0.29, 0.717) is 25.1 Å². The minimum Gasteiger partial charge on any atom is -0.461 e. The van der Waals surface area contributed by atoms with Crippen LogP contribution in [0.3, 0.4) is 0 Å². The SMILES string of the molecule is CCOC(=O)c1nn(Cc2ccccc2)cc1CC(C)O. The van der Waals surface area contributed by atoms with Crippen molar-refractivity contribution in [1.29, 1.82) is 0 Å². The van der Waals surface area contributed by atoms with Gasteiger partial charge in [-0.25, -0.2) is 4.79 Å². The van der Waals surface area contributed by atoms with Gasteiger partial charge in [-0.2, -0.15) is 5.10 Å². The van der Waals surface area contributed by atoms with Crippen LogP contribution in [0.25, 0.3) is 0 Å². The molecule has 112 valence electrons. The Hall–Kier alpha value is -2.14. The highest BCUT2D eigenvalue weighted by Gasteiger charge is 2.19. The van der Waals surface area contributed by atoms with E-state index in [4.69, 9.17) is 4.74 Å². The molecule has 0 aliphatic carbocycles. The smallest absolute Gasteiger partial charge is 0.359 e. The zero-order chi connectivity index (χ0) is 15.2. The summed E-state index contributed by atoms with van der Waals surface area (Å²) >= 11 is 0. The first-order chi connectivity index (χ1) is 10.1. The molecule has 0 spiro atoms. The summed E-state index contributed by atoms with van der Waals surface area (Å²) in [7, 11) is 0. The first-order valence-electron chi connectivity index (χ1n) is 7.05. The normalized spacial score (nSPS) is 12.1. The second-order valence-corrected chi connectivity index (χ2v) is 4.96. The number of benzene rings is 1. The third kappa shape index (κ3) is 4.16. The van der Waals surface area contributed by atoms with Gasteiger partial charge in [-0.05, 0) is 19.4 Å². The number of carbonyl (C=O) groups is 1. The van der Waals surface area contributed by atoms with Gasteiger partial charge in [0.2, 0.25) is 0 Å². The molecule has 0 fully saturated rings. The fourth-order valence-corrected chi connectivity index (χ4v) is 2.15.